The lowest BCUT2D eigenvalue weighted by Crippen LogP contribution is -2.43. The van der Waals surface area contributed by atoms with Crippen molar-refractivity contribution in [1.82, 2.24) is 15.3 Å². The number of hydrogen-bond donors (Lipinski definition) is 1. The molecule has 1 N–H and O–H groups in total. The number of rotatable bonds is 4. The average Bonchev–Trinajstić information content (AvgIpc) is 2.82. The van der Waals surface area contributed by atoms with E-state index in [1.807, 2.05) is 0 Å². The second-order valence-corrected chi connectivity index (χ2v) is 5.97. The van der Waals surface area contributed by atoms with Gasteiger partial charge in [0.1, 0.15) is 6.23 Å². The normalized spacial score (nSPS) is 34.7. The molecular formula is C14H27N3O. The Balaban J connectivity index is 1.34. The van der Waals surface area contributed by atoms with Gasteiger partial charge in [0.2, 0.25) is 0 Å². The number of ether oxygens (including phenoxy) is 1. The highest BCUT2D eigenvalue weighted by Gasteiger charge is 2.33. The van der Waals surface area contributed by atoms with Crippen molar-refractivity contribution in [2.24, 2.45) is 0 Å². The van der Waals surface area contributed by atoms with E-state index >= 15 is 0 Å². The van der Waals surface area contributed by atoms with E-state index < -0.39 is 0 Å². The zero-order chi connectivity index (χ0) is 12.2. The minimum atomic E-state index is 0.276. The molecule has 3 fully saturated rings. The molecule has 3 heterocycles. The molecule has 0 saturated carbocycles. The molecule has 0 aromatic rings. The fraction of sp³-hybridized carbons (Fsp3) is 1.00. The van der Waals surface area contributed by atoms with Gasteiger partial charge in [-0.2, -0.15) is 0 Å². The van der Waals surface area contributed by atoms with Gasteiger partial charge in [-0.15, -0.1) is 0 Å². The molecule has 0 aliphatic carbocycles. The monoisotopic (exact) mass is 253 g/mol. The molecule has 3 aliphatic rings. The highest BCUT2D eigenvalue weighted by Crippen LogP contribution is 2.24. The molecule has 0 bridgehead atoms. The first-order chi connectivity index (χ1) is 8.92. The minimum Gasteiger partial charge on any atom is -0.361 e. The van der Waals surface area contributed by atoms with Gasteiger partial charge in [-0.25, -0.2) is 10.4 Å². The average molecular weight is 253 g/mol. The molecule has 3 aliphatic heterocycles. The second-order valence-electron chi connectivity index (χ2n) is 5.97. The van der Waals surface area contributed by atoms with E-state index in [0.29, 0.717) is 0 Å². The van der Waals surface area contributed by atoms with E-state index in [9.17, 15) is 0 Å². The second kappa shape index (κ2) is 6.33. The number of piperidine rings is 2. The lowest BCUT2D eigenvalue weighted by atomic mass is 10.0. The molecule has 2 unspecified atom stereocenters. The van der Waals surface area contributed by atoms with Gasteiger partial charge in [0.05, 0.1) is 6.61 Å². The molecule has 3 rings (SSSR count). The first-order valence-corrected chi connectivity index (χ1v) is 7.78. The molecule has 0 aromatic heterocycles. The Kier molecular flexibility index (Phi) is 4.52. The molecule has 0 aromatic carbocycles. The molecule has 0 spiro atoms. The summed E-state index contributed by atoms with van der Waals surface area (Å²) in [6.07, 6.45) is 9.69. The van der Waals surface area contributed by atoms with E-state index in [4.69, 9.17) is 4.74 Å². The quantitative estimate of drug-likeness (QED) is 0.823. The third-order valence-corrected chi connectivity index (χ3v) is 4.60. The van der Waals surface area contributed by atoms with Gasteiger partial charge in [0.15, 0.2) is 0 Å². The van der Waals surface area contributed by atoms with E-state index in [0.717, 1.165) is 19.2 Å². The van der Waals surface area contributed by atoms with Crippen LogP contribution in [0.15, 0.2) is 0 Å². The molecule has 3 saturated heterocycles. The Hall–Kier alpha value is -0.160. The van der Waals surface area contributed by atoms with Gasteiger partial charge < -0.3 is 9.64 Å². The zero-order valence-electron chi connectivity index (χ0n) is 11.4. The Bertz CT molecular complexity index is 241. The van der Waals surface area contributed by atoms with Crippen molar-refractivity contribution < 1.29 is 4.74 Å². The lowest BCUT2D eigenvalue weighted by Gasteiger charge is -2.28. The molecule has 4 nitrogen and oxygen atoms in total. The van der Waals surface area contributed by atoms with E-state index in [-0.39, 0.29) is 6.23 Å². The van der Waals surface area contributed by atoms with Crippen LogP contribution in [0.2, 0.25) is 0 Å². The summed E-state index contributed by atoms with van der Waals surface area (Å²) in [7, 11) is 0. The predicted molar refractivity (Wildman–Crippen MR) is 72.1 cm³/mol. The lowest BCUT2D eigenvalue weighted by molar-refractivity contribution is 0.00322. The van der Waals surface area contributed by atoms with Crippen molar-refractivity contribution in [2.75, 3.05) is 32.8 Å². The number of hydrogen-bond acceptors (Lipinski definition) is 4. The zero-order valence-corrected chi connectivity index (χ0v) is 11.4. The van der Waals surface area contributed by atoms with E-state index in [1.165, 1.54) is 64.6 Å². The van der Waals surface area contributed by atoms with Crippen molar-refractivity contribution in [2.45, 2.75) is 57.2 Å². The number of nitrogens with zero attached hydrogens (tertiary/aromatic N) is 2. The summed E-state index contributed by atoms with van der Waals surface area (Å²) >= 11 is 0. The Morgan fingerprint density at radius 3 is 2.67 bits per heavy atom. The van der Waals surface area contributed by atoms with Crippen molar-refractivity contribution in [3.8, 4) is 0 Å². The van der Waals surface area contributed by atoms with Crippen LogP contribution in [0.1, 0.15) is 44.9 Å². The standard InChI is InChI=1S/C14H27N3O/c1-3-7-16(8-4-1)10-11-18-14-12-13-6-2-5-9-17(13)15-14/h13-15H,1-12H2. The Morgan fingerprint density at radius 2 is 1.83 bits per heavy atom. The smallest absolute Gasteiger partial charge is 0.122 e. The largest absolute Gasteiger partial charge is 0.361 e. The maximum absolute atomic E-state index is 6.00. The van der Waals surface area contributed by atoms with Crippen LogP contribution in [-0.2, 0) is 4.74 Å². The van der Waals surface area contributed by atoms with Crippen LogP contribution in [0.25, 0.3) is 0 Å². The number of hydrazine groups is 1. The fourth-order valence-electron chi connectivity index (χ4n) is 3.51. The Labute approximate surface area is 111 Å². The van der Waals surface area contributed by atoms with Crippen LogP contribution in [0.4, 0.5) is 0 Å². The summed E-state index contributed by atoms with van der Waals surface area (Å²) in [5.41, 5.74) is 3.52. The van der Waals surface area contributed by atoms with Gasteiger partial charge in [-0.05, 0) is 38.8 Å². The van der Waals surface area contributed by atoms with Gasteiger partial charge in [0.25, 0.3) is 0 Å². The van der Waals surface area contributed by atoms with Gasteiger partial charge in [0, 0.05) is 25.6 Å². The summed E-state index contributed by atoms with van der Waals surface area (Å²) in [5.74, 6) is 0. The van der Waals surface area contributed by atoms with Crippen LogP contribution >= 0.6 is 0 Å². The number of likely N-dealkylation sites (tertiary alicyclic amines) is 1. The molecule has 0 radical (unpaired) electrons. The summed E-state index contributed by atoms with van der Waals surface area (Å²) in [4.78, 5) is 2.55. The fourth-order valence-corrected chi connectivity index (χ4v) is 3.51. The SMILES string of the molecule is C1CCN(CCOC2CC3CCCCN3N2)CC1. The molecule has 4 heteroatoms. The van der Waals surface area contributed by atoms with Gasteiger partial charge in [-0.3, -0.25) is 0 Å². The van der Waals surface area contributed by atoms with Gasteiger partial charge >= 0.3 is 0 Å². The third-order valence-electron chi connectivity index (χ3n) is 4.60. The molecule has 0 amide bonds. The van der Waals surface area contributed by atoms with Crippen molar-refractivity contribution in [1.29, 1.82) is 0 Å². The number of fused-ring (bicyclic) bond motifs is 1. The number of nitrogens with one attached hydrogen (secondary N) is 1. The summed E-state index contributed by atoms with van der Waals surface area (Å²) in [5, 5.41) is 2.41. The van der Waals surface area contributed by atoms with Crippen LogP contribution in [-0.4, -0.2) is 55.0 Å². The van der Waals surface area contributed by atoms with Crippen LogP contribution in [0, 0.1) is 0 Å². The predicted octanol–water partition coefficient (Wildman–Crippen LogP) is 1.58. The van der Waals surface area contributed by atoms with Gasteiger partial charge in [-0.1, -0.05) is 12.8 Å². The molecule has 2 atom stereocenters. The van der Waals surface area contributed by atoms with Crippen molar-refractivity contribution in [3.63, 3.8) is 0 Å². The maximum atomic E-state index is 6.00. The summed E-state index contributed by atoms with van der Waals surface area (Å²) in [6.45, 7) is 5.75. The van der Waals surface area contributed by atoms with Crippen LogP contribution < -0.4 is 5.43 Å². The topological polar surface area (TPSA) is 27.7 Å². The third kappa shape index (κ3) is 3.23. The minimum absolute atomic E-state index is 0.276. The highest BCUT2D eigenvalue weighted by molar-refractivity contribution is 4.83. The first kappa shape index (κ1) is 12.9. The Morgan fingerprint density at radius 1 is 1.00 bits per heavy atom. The maximum Gasteiger partial charge on any atom is 0.122 e. The van der Waals surface area contributed by atoms with Crippen LogP contribution in [0.3, 0.4) is 0 Å². The first-order valence-electron chi connectivity index (χ1n) is 7.78. The summed E-state index contributed by atoms with van der Waals surface area (Å²) < 4.78 is 6.00. The molecule has 104 valence electrons. The molecule has 18 heavy (non-hydrogen) atoms. The van der Waals surface area contributed by atoms with Crippen molar-refractivity contribution >= 4 is 0 Å². The van der Waals surface area contributed by atoms with E-state index in [2.05, 4.69) is 15.3 Å². The van der Waals surface area contributed by atoms with E-state index in [1.54, 1.807) is 0 Å². The highest BCUT2D eigenvalue weighted by atomic mass is 16.5. The summed E-state index contributed by atoms with van der Waals surface area (Å²) in [6, 6.07) is 0.735. The molecular weight excluding hydrogens is 226 g/mol. The van der Waals surface area contributed by atoms with Crippen LogP contribution in [0.5, 0.6) is 0 Å². The van der Waals surface area contributed by atoms with Crippen molar-refractivity contribution in [3.05, 3.63) is 0 Å².